The first kappa shape index (κ1) is 6.86. The zero-order valence-electron chi connectivity index (χ0n) is 5.87. The maximum Gasteiger partial charge on any atom is 0.146 e. The van der Waals surface area contributed by atoms with Gasteiger partial charge in [-0.05, 0) is 19.1 Å². The van der Waals surface area contributed by atoms with Gasteiger partial charge in [-0.15, -0.1) is 0 Å². The van der Waals surface area contributed by atoms with Crippen LogP contribution in [0.2, 0.25) is 0 Å². The lowest BCUT2D eigenvalue weighted by Gasteiger charge is -1.88. The van der Waals surface area contributed by atoms with E-state index in [-0.39, 0.29) is 0 Å². The van der Waals surface area contributed by atoms with Crippen molar-refractivity contribution in [2.75, 3.05) is 6.54 Å². The molecule has 0 aliphatic heterocycles. The van der Waals surface area contributed by atoms with Crippen LogP contribution in [0.15, 0.2) is 27.9 Å². The quantitative estimate of drug-likeness (QED) is 0.503. The summed E-state index contributed by atoms with van der Waals surface area (Å²) in [6, 6.07) is 3.67. The molecule has 0 aliphatic carbocycles. The molecule has 54 valence electrons. The summed E-state index contributed by atoms with van der Waals surface area (Å²) in [5.74, 6) is 0.765. The molecule has 3 heteroatoms. The fourth-order valence-corrected chi connectivity index (χ4v) is 0.565. The summed E-state index contributed by atoms with van der Waals surface area (Å²) in [6.45, 7) is 2.82. The van der Waals surface area contributed by atoms with E-state index in [1.807, 2.05) is 19.1 Å². The molecule has 0 saturated heterocycles. The Balaban J connectivity index is 2.40. The van der Waals surface area contributed by atoms with Crippen molar-refractivity contribution in [1.82, 2.24) is 5.43 Å². The first-order valence-electron chi connectivity index (χ1n) is 3.23. The molecule has 0 spiro atoms. The topological polar surface area (TPSA) is 37.5 Å². The third-order valence-electron chi connectivity index (χ3n) is 0.984. The minimum atomic E-state index is 0.765. The minimum absolute atomic E-state index is 0.765. The SMILES string of the molecule is CCNN=Cc1ccco1. The van der Waals surface area contributed by atoms with Gasteiger partial charge < -0.3 is 9.84 Å². The molecule has 0 fully saturated rings. The van der Waals surface area contributed by atoms with Crippen molar-refractivity contribution in [3.63, 3.8) is 0 Å². The first-order chi connectivity index (χ1) is 4.93. The van der Waals surface area contributed by atoms with Crippen molar-refractivity contribution in [2.24, 2.45) is 5.10 Å². The van der Waals surface area contributed by atoms with Crippen LogP contribution in [-0.2, 0) is 0 Å². The predicted molar refractivity (Wildman–Crippen MR) is 40.0 cm³/mol. The van der Waals surface area contributed by atoms with Gasteiger partial charge in [0.25, 0.3) is 0 Å². The fraction of sp³-hybridized carbons (Fsp3) is 0.286. The number of hydrogen-bond donors (Lipinski definition) is 1. The monoisotopic (exact) mass is 138 g/mol. The van der Waals surface area contributed by atoms with Crippen molar-refractivity contribution >= 4 is 6.21 Å². The Morgan fingerprint density at radius 3 is 3.30 bits per heavy atom. The van der Waals surface area contributed by atoms with Crippen molar-refractivity contribution in [3.05, 3.63) is 24.2 Å². The van der Waals surface area contributed by atoms with Crippen LogP contribution in [0.25, 0.3) is 0 Å². The third-order valence-corrected chi connectivity index (χ3v) is 0.984. The van der Waals surface area contributed by atoms with Crippen molar-refractivity contribution < 1.29 is 4.42 Å². The third kappa shape index (κ3) is 1.93. The van der Waals surface area contributed by atoms with Crippen LogP contribution in [0.3, 0.4) is 0 Å². The largest absolute Gasteiger partial charge is 0.463 e. The average Bonchev–Trinajstić information content (AvgIpc) is 2.41. The first-order valence-corrected chi connectivity index (χ1v) is 3.23. The van der Waals surface area contributed by atoms with E-state index in [1.165, 1.54) is 0 Å². The van der Waals surface area contributed by atoms with Gasteiger partial charge >= 0.3 is 0 Å². The van der Waals surface area contributed by atoms with Gasteiger partial charge in [-0.2, -0.15) is 5.10 Å². The van der Waals surface area contributed by atoms with Crippen LogP contribution in [0.1, 0.15) is 12.7 Å². The molecule has 3 nitrogen and oxygen atoms in total. The second-order valence-electron chi connectivity index (χ2n) is 1.79. The molecule has 0 unspecified atom stereocenters. The summed E-state index contributed by atoms with van der Waals surface area (Å²) < 4.78 is 4.99. The van der Waals surface area contributed by atoms with E-state index in [0.717, 1.165) is 12.3 Å². The molecule has 1 heterocycles. The zero-order valence-corrected chi connectivity index (χ0v) is 5.87. The highest BCUT2D eigenvalue weighted by molar-refractivity contribution is 5.75. The molecule has 0 amide bonds. The van der Waals surface area contributed by atoms with Crippen LogP contribution in [0, 0.1) is 0 Å². The molecule has 0 saturated carbocycles. The number of hydrogen-bond acceptors (Lipinski definition) is 3. The molecule has 1 aromatic rings. The fourth-order valence-electron chi connectivity index (χ4n) is 0.565. The van der Waals surface area contributed by atoms with E-state index in [9.17, 15) is 0 Å². The Labute approximate surface area is 59.7 Å². The minimum Gasteiger partial charge on any atom is -0.463 e. The van der Waals surface area contributed by atoms with Gasteiger partial charge in [0.15, 0.2) is 0 Å². The lowest BCUT2D eigenvalue weighted by Crippen LogP contribution is -2.02. The second-order valence-corrected chi connectivity index (χ2v) is 1.79. The summed E-state index contributed by atoms with van der Waals surface area (Å²) in [5.41, 5.74) is 2.80. The maximum absolute atomic E-state index is 4.99. The Bertz CT molecular complexity index is 191. The van der Waals surface area contributed by atoms with Gasteiger partial charge in [0.05, 0.1) is 12.5 Å². The van der Waals surface area contributed by atoms with Gasteiger partial charge in [0.2, 0.25) is 0 Å². The van der Waals surface area contributed by atoms with Crippen LogP contribution >= 0.6 is 0 Å². The van der Waals surface area contributed by atoms with Crippen LogP contribution in [0.5, 0.6) is 0 Å². The van der Waals surface area contributed by atoms with E-state index in [4.69, 9.17) is 4.42 Å². The van der Waals surface area contributed by atoms with Gasteiger partial charge in [0, 0.05) is 6.54 Å². The normalized spacial score (nSPS) is 10.5. The Kier molecular flexibility index (Phi) is 2.55. The maximum atomic E-state index is 4.99. The van der Waals surface area contributed by atoms with E-state index in [2.05, 4.69) is 10.5 Å². The average molecular weight is 138 g/mol. The second kappa shape index (κ2) is 3.71. The van der Waals surface area contributed by atoms with E-state index in [1.54, 1.807) is 12.5 Å². The molecule has 0 aliphatic rings. The molecule has 1 N–H and O–H groups in total. The predicted octanol–water partition coefficient (Wildman–Crippen LogP) is 1.22. The number of hydrazone groups is 1. The summed E-state index contributed by atoms with van der Waals surface area (Å²) in [6.07, 6.45) is 3.26. The lowest BCUT2D eigenvalue weighted by molar-refractivity contribution is 0.559. The van der Waals surface area contributed by atoms with Gasteiger partial charge in [0.1, 0.15) is 5.76 Å². The number of nitrogens with zero attached hydrogens (tertiary/aromatic N) is 1. The molecular formula is C7H10N2O. The summed E-state index contributed by atoms with van der Waals surface area (Å²) in [5, 5.41) is 3.86. The molecule has 1 aromatic heterocycles. The van der Waals surface area contributed by atoms with Gasteiger partial charge in [-0.3, -0.25) is 0 Å². The van der Waals surface area contributed by atoms with Crippen molar-refractivity contribution in [3.8, 4) is 0 Å². The van der Waals surface area contributed by atoms with Crippen molar-refractivity contribution in [1.29, 1.82) is 0 Å². The Morgan fingerprint density at radius 1 is 1.80 bits per heavy atom. The Hall–Kier alpha value is -1.25. The molecular weight excluding hydrogens is 128 g/mol. The molecule has 0 atom stereocenters. The molecule has 0 bridgehead atoms. The van der Waals surface area contributed by atoms with E-state index in [0.29, 0.717) is 0 Å². The number of nitrogens with one attached hydrogen (secondary N) is 1. The summed E-state index contributed by atoms with van der Waals surface area (Å²) >= 11 is 0. The summed E-state index contributed by atoms with van der Waals surface area (Å²) in [7, 11) is 0. The Morgan fingerprint density at radius 2 is 2.70 bits per heavy atom. The smallest absolute Gasteiger partial charge is 0.146 e. The van der Waals surface area contributed by atoms with Crippen molar-refractivity contribution in [2.45, 2.75) is 6.92 Å². The standard InChI is InChI=1S/C7H10N2O/c1-2-8-9-6-7-4-3-5-10-7/h3-6,8H,2H2,1H3. The highest BCUT2D eigenvalue weighted by atomic mass is 16.3. The molecule has 0 aromatic carbocycles. The highest BCUT2D eigenvalue weighted by Gasteiger charge is 1.85. The highest BCUT2D eigenvalue weighted by Crippen LogP contribution is 1.93. The van der Waals surface area contributed by atoms with Gasteiger partial charge in [-0.25, -0.2) is 0 Å². The van der Waals surface area contributed by atoms with E-state index >= 15 is 0 Å². The lowest BCUT2D eigenvalue weighted by atomic mass is 10.5. The number of furan rings is 1. The van der Waals surface area contributed by atoms with Crippen LogP contribution in [0.4, 0.5) is 0 Å². The molecule has 0 radical (unpaired) electrons. The molecule has 10 heavy (non-hydrogen) atoms. The summed E-state index contributed by atoms with van der Waals surface area (Å²) in [4.78, 5) is 0. The van der Waals surface area contributed by atoms with Crippen LogP contribution in [-0.4, -0.2) is 12.8 Å². The zero-order chi connectivity index (χ0) is 7.23. The number of rotatable bonds is 3. The van der Waals surface area contributed by atoms with Gasteiger partial charge in [-0.1, -0.05) is 0 Å². The van der Waals surface area contributed by atoms with Crippen LogP contribution < -0.4 is 5.43 Å². The van der Waals surface area contributed by atoms with E-state index < -0.39 is 0 Å². The molecule has 1 rings (SSSR count).